The zero-order chi connectivity index (χ0) is 19.9. The predicted molar refractivity (Wildman–Crippen MR) is 108 cm³/mol. The van der Waals surface area contributed by atoms with Crippen LogP contribution < -0.4 is 14.8 Å². The van der Waals surface area contributed by atoms with Gasteiger partial charge in [0, 0.05) is 31.1 Å². The lowest BCUT2D eigenvalue weighted by Crippen LogP contribution is -2.44. The van der Waals surface area contributed by atoms with Crippen molar-refractivity contribution >= 4 is 17.9 Å². The Bertz CT molecular complexity index is 736. The van der Waals surface area contributed by atoms with Gasteiger partial charge in [-0.25, -0.2) is 0 Å². The number of unbranched alkanes of at least 4 members (excludes halogenated alkanes) is 1. The summed E-state index contributed by atoms with van der Waals surface area (Å²) in [5.74, 6) is 1.53. The van der Waals surface area contributed by atoms with E-state index in [9.17, 15) is 9.59 Å². The first-order valence-corrected chi connectivity index (χ1v) is 10.3. The standard InChI is InChI=1S/C22H30N2O4/c1-3-5-11-23-21(25)16-9-12-24(13-10-16)22(26)18-14-17-7-6-8-19(27-4-2)20(17)28-15-18/h6-8,14,16H,3-5,9-13,15H2,1-2H3,(H,23,25). The number of hydrogen-bond acceptors (Lipinski definition) is 4. The van der Waals surface area contributed by atoms with Crippen molar-refractivity contribution in [2.45, 2.75) is 39.5 Å². The van der Waals surface area contributed by atoms with E-state index in [1.807, 2.05) is 36.1 Å². The molecule has 0 bridgehead atoms. The zero-order valence-electron chi connectivity index (χ0n) is 16.8. The number of amides is 2. The molecule has 6 nitrogen and oxygen atoms in total. The molecule has 1 aromatic rings. The van der Waals surface area contributed by atoms with Crippen molar-refractivity contribution in [3.05, 3.63) is 29.3 Å². The predicted octanol–water partition coefficient (Wildman–Crippen LogP) is 3.02. The van der Waals surface area contributed by atoms with E-state index < -0.39 is 0 Å². The quantitative estimate of drug-likeness (QED) is 0.732. The van der Waals surface area contributed by atoms with Gasteiger partial charge in [-0.05, 0) is 38.3 Å². The fraction of sp³-hybridized carbons (Fsp3) is 0.545. The van der Waals surface area contributed by atoms with Crippen LogP contribution in [0.4, 0.5) is 0 Å². The van der Waals surface area contributed by atoms with Crippen molar-refractivity contribution in [1.29, 1.82) is 0 Å². The van der Waals surface area contributed by atoms with Gasteiger partial charge < -0.3 is 19.7 Å². The topological polar surface area (TPSA) is 67.9 Å². The Labute approximate surface area is 166 Å². The van der Waals surface area contributed by atoms with Crippen LogP contribution in [0.2, 0.25) is 0 Å². The number of carbonyl (C=O) groups excluding carboxylic acids is 2. The molecule has 0 radical (unpaired) electrons. The SMILES string of the molecule is CCCCNC(=O)C1CCN(C(=O)C2=Cc3cccc(OCC)c3OC2)CC1. The molecule has 152 valence electrons. The second kappa shape index (κ2) is 9.62. The first-order valence-electron chi connectivity index (χ1n) is 10.3. The minimum Gasteiger partial charge on any atom is -0.490 e. The van der Waals surface area contributed by atoms with Crippen molar-refractivity contribution < 1.29 is 19.1 Å². The van der Waals surface area contributed by atoms with E-state index in [0.717, 1.165) is 24.9 Å². The van der Waals surface area contributed by atoms with E-state index in [-0.39, 0.29) is 24.3 Å². The van der Waals surface area contributed by atoms with E-state index in [4.69, 9.17) is 9.47 Å². The van der Waals surface area contributed by atoms with E-state index in [2.05, 4.69) is 12.2 Å². The normalized spacial score (nSPS) is 16.6. The van der Waals surface area contributed by atoms with Crippen molar-refractivity contribution in [3.63, 3.8) is 0 Å². The monoisotopic (exact) mass is 386 g/mol. The number of rotatable bonds is 7. The second-order valence-electron chi connectivity index (χ2n) is 7.28. The molecule has 1 fully saturated rings. The Kier molecular flexibility index (Phi) is 6.95. The third-order valence-corrected chi connectivity index (χ3v) is 5.27. The molecule has 0 aromatic heterocycles. The summed E-state index contributed by atoms with van der Waals surface area (Å²) < 4.78 is 11.4. The van der Waals surface area contributed by atoms with Crippen LogP contribution in [0.3, 0.4) is 0 Å². The largest absolute Gasteiger partial charge is 0.490 e. The smallest absolute Gasteiger partial charge is 0.253 e. The van der Waals surface area contributed by atoms with Crippen LogP contribution in [0.1, 0.15) is 45.1 Å². The molecular formula is C22H30N2O4. The molecule has 1 aromatic carbocycles. The maximum Gasteiger partial charge on any atom is 0.253 e. The lowest BCUT2D eigenvalue weighted by Gasteiger charge is -2.32. The number of likely N-dealkylation sites (tertiary alicyclic amines) is 1. The van der Waals surface area contributed by atoms with Crippen molar-refractivity contribution in [3.8, 4) is 11.5 Å². The maximum atomic E-state index is 12.9. The van der Waals surface area contributed by atoms with Gasteiger partial charge in [-0.3, -0.25) is 9.59 Å². The molecule has 0 atom stereocenters. The number of piperidine rings is 1. The Balaban J connectivity index is 1.58. The van der Waals surface area contributed by atoms with Crippen LogP contribution in [-0.4, -0.2) is 49.6 Å². The average Bonchev–Trinajstić information content (AvgIpc) is 2.73. The van der Waals surface area contributed by atoms with Gasteiger partial charge in [-0.1, -0.05) is 25.5 Å². The number of ether oxygens (including phenoxy) is 2. The number of hydrogen-bond donors (Lipinski definition) is 1. The van der Waals surface area contributed by atoms with Crippen LogP contribution in [0, 0.1) is 5.92 Å². The number of carbonyl (C=O) groups is 2. The fourth-order valence-corrected chi connectivity index (χ4v) is 3.65. The van der Waals surface area contributed by atoms with E-state index >= 15 is 0 Å². The first-order chi connectivity index (χ1) is 13.6. The molecule has 2 heterocycles. The van der Waals surface area contributed by atoms with Gasteiger partial charge in [-0.15, -0.1) is 0 Å². The van der Waals surface area contributed by atoms with Gasteiger partial charge in [0.1, 0.15) is 6.61 Å². The number of fused-ring (bicyclic) bond motifs is 1. The zero-order valence-corrected chi connectivity index (χ0v) is 16.8. The number of benzene rings is 1. The minimum atomic E-state index is -0.00250. The Morgan fingerprint density at radius 1 is 1.25 bits per heavy atom. The highest BCUT2D eigenvalue weighted by Crippen LogP contribution is 2.36. The van der Waals surface area contributed by atoms with Gasteiger partial charge in [-0.2, -0.15) is 0 Å². The maximum absolute atomic E-state index is 12.9. The summed E-state index contributed by atoms with van der Waals surface area (Å²) in [6.45, 7) is 6.80. The van der Waals surface area contributed by atoms with Gasteiger partial charge in [0.25, 0.3) is 5.91 Å². The van der Waals surface area contributed by atoms with Crippen molar-refractivity contribution in [2.24, 2.45) is 5.92 Å². The molecule has 1 N–H and O–H groups in total. The summed E-state index contributed by atoms with van der Waals surface area (Å²) in [5, 5.41) is 3.00. The highest BCUT2D eigenvalue weighted by atomic mass is 16.5. The van der Waals surface area contributed by atoms with Crippen LogP contribution in [0.5, 0.6) is 11.5 Å². The summed E-state index contributed by atoms with van der Waals surface area (Å²) in [6, 6.07) is 5.70. The molecule has 3 rings (SSSR count). The minimum absolute atomic E-state index is 0.00250. The third kappa shape index (κ3) is 4.66. The molecule has 2 aliphatic rings. The third-order valence-electron chi connectivity index (χ3n) is 5.27. The number of nitrogens with zero attached hydrogens (tertiary/aromatic N) is 1. The Morgan fingerprint density at radius 2 is 2.04 bits per heavy atom. The molecule has 0 aliphatic carbocycles. The lowest BCUT2D eigenvalue weighted by molar-refractivity contribution is -0.133. The number of nitrogens with one attached hydrogen (secondary N) is 1. The highest BCUT2D eigenvalue weighted by molar-refractivity contribution is 5.99. The van der Waals surface area contributed by atoms with Gasteiger partial charge >= 0.3 is 0 Å². The van der Waals surface area contributed by atoms with Gasteiger partial charge in [0.15, 0.2) is 11.5 Å². The summed E-state index contributed by atoms with van der Waals surface area (Å²) in [4.78, 5) is 27.0. The van der Waals surface area contributed by atoms with Crippen molar-refractivity contribution in [2.75, 3.05) is 32.8 Å². The summed E-state index contributed by atoms with van der Waals surface area (Å²) >= 11 is 0. The molecule has 2 aliphatic heterocycles. The molecule has 28 heavy (non-hydrogen) atoms. The summed E-state index contributed by atoms with van der Waals surface area (Å²) in [7, 11) is 0. The molecule has 1 saturated heterocycles. The highest BCUT2D eigenvalue weighted by Gasteiger charge is 2.30. The first kappa shape index (κ1) is 20.2. The van der Waals surface area contributed by atoms with Crippen molar-refractivity contribution in [1.82, 2.24) is 10.2 Å². The van der Waals surface area contributed by atoms with Crippen LogP contribution in [0.15, 0.2) is 23.8 Å². The Morgan fingerprint density at radius 3 is 2.75 bits per heavy atom. The van der Waals surface area contributed by atoms with Crippen LogP contribution in [-0.2, 0) is 9.59 Å². The average molecular weight is 386 g/mol. The Hall–Kier alpha value is -2.50. The molecule has 0 spiro atoms. The van der Waals surface area contributed by atoms with Crippen LogP contribution >= 0.6 is 0 Å². The van der Waals surface area contributed by atoms with E-state index in [1.54, 1.807) is 0 Å². The molecule has 6 heteroatoms. The summed E-state index contributed by atoms with van der Waals surface area (Å²) in [6.07, 6.45) is 5.39. The van der Waals surface area contributed by atoms with E-state index in [0.29, 0.717) is 49.6 Å². The van der Waals surface area contributed by atoms with Crippen LogP contribution in [0.25, 0.3) is 6.08 Å². The molecule has 0 saturated carbocycles. The summed E-state index contributed by atoms with van der Waals surface area (Å²) in [5.41, 5.74) is 1.51. The second-order valence-corrected chi connectivity index (χ2v) is 7.28. The van der Waals surface area contributed by atoms with Gasteiger partial charge in [0.05, 0.1) is 12.2 Å². The molecular weight excluding hydrogens is 356 g/mol. The molecule has 0 unspecified atom stereocenters. The van der Waals surface area contributed by atoms with Gasteiger partial charge in [0.2, 0.25) is 5.91 Å². The number of para-hydroxylation sites is 1. The van der Waals surface area contributed by atoms with E-state index in [1.165, 1.54) is 0 Å². The fourth-order valence-electron chi connectivity index (χ4n) is 3.65. The molecule has 2 amide bonds. The lowest BCUT2D eigenvalue weighted by atomic mass is 9.95.